The summed E-state index contributed by atoms with van der Waals surface area (Å²) in [6.07, 6.45) is 27.5. The average molecular weight is 648 g/mol. The molecule has 2 aliphatic rings. The molecule has 2 rings (SSSR count). The lowest BCUT2D eigenvalue weighted by Gasteiger charge is -2.06. The van der Waals surface area contributed by atoms with E-state index in [1.807, 2.05) is 47.0 Å². The zero-order valence-electron chi connectivity index (χ0n) is 24.4. The highest BCUT2D eigenvalue weighted by atomic mass is 32.3. The quantitative estimate of drug-likeness (QED) is 0.0907. The molecule has 8 heteroatoms. The van der Waals surface area contributed by atoms with Crippen LogP contribution in [0.5, 0.6) is 0 Å². The largest absolute Gasteiger partial charge is 0.544 e. The van der Waals surface area contributed by atoms with Gasteiger partial charge < -0.3 is 9.90 Å². The number of carboxylic acids is 1. The number of carbonyl (C=O) groups is 1. The van der Waals surface area contributed by atoms with Crippen LogP contribution in [0.4, 0.5) is 0 Å². The molecule has 0 spiro atoms. The Morgan fingerprint density at radius 3 is 1.33 bits per heavy atom. The fourth-order valence-electron chi connectivity index (χ4n) is 4.48. The van der Waals surface area contributed by atoms with Crippen LogP contribution in [0.25, 0.3) is 0 Å². The number of thioether (sulfide) groups is 6. The second-order valence-corrected chi connectivity index (χ2v) is 17.6. The van der Waals surface area contributed by atoms with E-state index in [0.717, 1.165) is 4.24 Å². The molecule has 0 aromatic heterocycles. The van der Waals surface area contributed by atoms with Crippen molar-refractivity contribution in [2.24, 2.45) is 0 Å². The summed E-state index contributed by atoms with van der Waals surface area (Å²) in [7, 11) is 0. The Labute approximate surface area is 265 Å². The SMILES string of the molecule is CCCCCCCCCCCCSC1=C(SCCCCCCCCCCCC)SC(=C2SC=C(C(=O)[O-])S2)S1. The van der Waals surface area contributed by atoms with Gasteiger partial charge in [0.1, 0.15) is 0 Å². The van der Waals surface area contributed by atoms with Crippen molar-refractivity contribution in [3.05, 3.63) is 27.3 Å². The molecule has 2 nitrogen and oxygen atoms in total. The van der Waals surface area contributed by atoms with E-state index in [-0.39, 0.29) is 0 Å². The van der Waals surface area contributed by atoms with Crippen molar-refractivity contribution in [2.75, 3.05) is 11.5 Å². The molecular weight excluding hydrogens is 597 g/mol. The normalized spacial score (nSPS) is 15.6. The summed E-state index contributed by atoms with van der Waals surface area (Å²) in [5, 5.41) is 13.0. The molecule has 0 amide bonds. The molecule has 2 heterocycles. The summed E-state index contributed by atoms with van der Waals surface area (Å²) in [4.78, 5) is 11.6. The molecule has 0 N–H and O–H groups in total. The highest BCUT2D eigenvalue weighted by molar-refractivity contribution is 8.42. The maximum atomic E-state index is 11.3. The van der Waals surface area contributed by atoms with Crippen molar-refractivity contribution in [2.45, 2.75) is 142 Å². The third-order valence-corrected chi connectivity index (χ3v) is 15.4. The number of unbranched alkanes of at least 4 members (excludes halogenated alkanes) is 18. The lowest BCUT2D eigenvalue weighted by atomic mass is 10.1. The molecule has 0 atom stereocenters. The third-order valence-electron chi connectivity index (χ3n) is 6.84. The van der Waals surface area contributed by atoms with Crippen LogP contribution in [0.1, 0.15) is 142 Å². The van der Waals surface area contributed by atoms with E-state index in [0.29, 0.717) is 4.91 Å². The van der Waals surface area contributed by atoms with Gasteiger partial charge in [-0.05, 0) is 29.8 Å². The number of carbonyl (C=O) groups excluding carboxylic acids is 1. The van der Waals surface area contributed by atoms with Crippen LogP contribution >= 0.6 is 70.6 Å². The van der Waals surface area contributed by atoms with Gasteiger partial charge in [-0.2, -0.15) is 0 Å². The van der Waals surface area contributed by atoms with E-state index in [4.69, 9.17) is 0 Å². The molecule has 0 unspecified atom stereocenters. The zero-order chi connectivity index (χ0) is 28.0. The van der Waals surface area contributed by atoms with Crippen LogP contribution in [0.15, 0.2) is 27.3 Å². The van der Waals surface area contributed by atoms with E-state index >= 15 is 0 Å². The Balaban J connectivity index is 1.67. The summed E-state index contributed by atoms with van der Waals surface area (Å²) in [5.41, 5.74) is 0. The van der Waals surface area contributed by atoms with Gasteiger partial charge in [-0.3, -0.25) is 0 Å². The predicted molar refractivity (Wildman–Crippen MR) is 186 cm³/mol. The Hall–Kier alpha value is 0.790. The minimum Gasteiger partial charge on any atom is -0.544 e. The number of aliphatic carboxylic acids is 1. The van der Waals surface area contributed by atoms with Gasteiger partial charge in [0.15, 0.2) is 0 Å². The topological polar surface area (TPSA) is 40.1 Å². The maximum Gasteiger partial charge on any atom is 0.0788 e. The second-order valence-electron chi connectivity index (χ2n) is 10.4. The van der Waals surface area contributed by atoms with Crippen LogP contribution in [0.2, 0.25) is 0 Å². The van der Waals surface area contributed by atoms with Gasteiger partial charge >= 0.3 is 0 Å². The highest BCUT2D eigenvalue weighted by Gasteiger charge is 2.27. The minimum atomic E-state index is -1.06. The number of rotatable bonds is 25. The van der Waals surface area contributed by atoms with Gasteiger partial charge in [-0.1, -0.05) is 176 Å². The van der Waals surface area contributed by atoms with Crippen molar-refractivity contribution in [3.63, 3.8) is 0 Å². The van der Waals surface area contributed by atoms with Crippen molar-refractivity contribution in [3.8, 4) is 0 Å². The maximum absolute atomic E-state index is 11.3. The van der Waals surface area contributed by atoms with Crippen LogP contribution < -0.4 is 5.11 Å². The minimum absolute atomic E-state index is 0.342. The van der Waals surface area contributed by atoms with Gasteiger partial charge in [-0.15, -0.1) is 23.5 Å². The molecule has 0 aliphatic carbocycles. The van der Waals surface area contributed by atoms with Crippen molar-refractivity contribution in [1.82, 2.24) is 0 Å². The van der Waals surface area contributed by atoms with E-state index in [2.05, 4.69) is 13.8 Å². The first kappa shape index (κ1) is 36.0. The first-order valence-electron chi connectivity index (χ1n) is 15.5. The number of hydrogen-bond donors (Lipinski definition) is 0. The molecular formula is C31H51O2S6-. The van der Waals surface area contributed by atoms with Crippen molar-refractivity contribution in [1.29, 1.82) is 0 Å². The van der Waals surface area contributed by atoms with Crippen LogP contribution in [-0.2, 0) is 4.79 Å². The smallest absolute Gasteiger partial charge is 0.0788 e. The molecule has 224 valence electrons. The second kappa shape index (κ2) is 24.3. The predicted octanol–water partition coefficient (Wildman–Crippen LogP) is 12.1. The number of carboxylic acid groups (broad SMARTS) is 1. The van der Waals surface area contributed by atoms with Crippen LogP contribution in [0.3, 0.4) is 0 Å². The third kappa shape index (κ3) is 16.9. The Morgan fingerprint density at radius 2 is 0.974 bits per heavy atom. The van der Waals surface area contributed by atoms with Gasteiger partial charge in [0.2, 0.25) is 0 Å². The molecule has 39 heavy (non-hydrogen) atoms. The van der Waals surface area contributed by atoms with Crippen LogP contribution in [0, 0.1) is 0 Å². The fourth-order valence-corrected chi connectivity index (χ4v) is 12.9. The summed E-state index contributed by atoms with van der Waals surface area (Å²) in [5.74, 6) is 1.32. The number of hydrogen-bond acceptors (Lipinski definition) is 8. The average Bonchev–Trinajstić information content (AvgIpc) is 3.58. The monoisotopic (exact) mass is 647 g/mol. The summed E-state index contributed by atoms with van der Waals surface area (Å²) >= 11 is 10.7. The molecule has 0 radical (unpaired) electrons. The zero-order valence-corrected chi connectivity index (χ0v) is 29.3. The van der Waals surface area contributed by atoms with Crippen molar-refractivity contribution >= 4 is 76.5 Å². The van der Waals surface area contributed by atoms with E-state index < -0.39 is 5.97 Å². The molecule has 0 fully saturated rings. The van der Waals surface area contributed by atoms with E-state index in [9.17, 15) is 9.90 Å². The van der Waals surface area contributed by atoms with E-state index in [1.165, 1.54) is 164 Å². The lowest BCUT2D eigenvalue weighted by molar-refractivity contribution is -0.298. The molecule has 0 bridgehead atoms. The van der Waals surface area contributed by atoms with E-state index in [1.54, 1.807) is 17.2 Å². The van der Waals surface area contributed by atoms with Gasteiger partial charge in [-0.25, -0.2) is 0 Å². The Kier molecular flexibility index (Phi) is 22.4. The molecule has 0 saturated heterocycles. The Bertz CT molecular complexity index is 737. The summed E-state index contributed by atoms with van der Waals surface area (Å²) < 4.78 is 5.25. The fraction of sp³-hybridized carbons (Fsp3) is 0.774. The molecule has 0 saturated carbocycles. The van der Waals surface area contributed by atoms with Gasteiger partial charge in [0.05, 0.1) is 22.9 Å². The first-order chi connectivity index (χ1) is 19.2. The summed E-state index contributed by atoms with van der Waals surface area (Å²) in [6.45, 7) is 4.57. The summed E-state index contributed by atoms with van der Waals surface area (Å²) in [6, 6.07) is 0. The van der Waals surface area contributed by atoms with Gasteiger partial charge in [0.25, 0.3) is 0 Å². The Morgan fingerprint density at radius 1 is 0.590 bits per heavy atom. The van der Waals surface area contributed by atoms with Gasteiger partial charge in [0, 0.05) is 4.91 Å². The van der Waals surface area contributed by atoms with Crippen LogP contribution in [-0.4, -0.2) is 17.5 Å². The molecule has 0 aromatic rings. The molecule has 2 aliphatic heterocycles. The first-order valence-corrected chi connectivity index (χ1v) is 20.8. The lowest BCUT2D eigenvalue weighted by Crippen LogP contribution is -2.22. The van der Waals surface area contributed by atoms with Crippen molar-refractivity contribution < 1.29 is 9.90 Å². The molecule has 0 aromatic carbocycles. The standard InChI is InChI=1S/C31H52O2S6/c1-3-5-7-9-11-13-15-17-19-21-23-34-28-29(35-24-22-20-18-16-14-12-10-8-6-4-2)39-31(38-28)30-36-25-26(37-30)27(32)33/h25H,3-24H2,1-2H3,(H,32,33)/p-1. The highest BCUT2D eigenvalue weighted by Crippen LogP contribution is 2.62.